The maximum Gasteiger partial charge on any atom is 0.244 e. The lowest BCUT2D eigenvalue weighted by molar-refractivity contribution is -0.143. The molecule has 112 valence electrons. The van der Waals surface area contributed by atoms with Crippen molar-refractivity contribution in [3.63, 3.8) is 0 Å². The fourth-order valence-electron chi connectivity index (χ4n) is 3.90. The molecule has 4 rings (SSSR count). The van der Waals surface area contributed by atoms with Crippen molar-refractivity contribution in [2.75, 3.05) is 11.9 Å². The van der Waals surface area contributed by atoms with Gasteiger partial charge in [-0.1, -0.05) is 12.2 Å². The average Bonchev–Trinajstić information content (AvgIpc) is 3.18. The Balaban J connectivity index is 1.47. The van der Waals surface area contributed by atoms with Crippen LogP contribution in [0.4, 0.5) is 5.69 Å². The molecule has 6 heteroatoms. The number of amides is 3. The number of nitrogens with zero attached hydrogens (tertiary/aromatic N) is 2. The van der Waals surface area contributed by atoms with Gasteiger partial charge in [-0.2, -0.15) is 0 Å². The van der Waals surface area contributed by atoms with Crippen LogP contribution in [0.3, 0.4) is 0 Å². The molecule has 2 aliphatic carbocycles. The van der Waals surface area contributed by atoms with Crippen LogP contribution >= 0.6 is 0 Å². The van der Waals surface area contributed by atoms with Crippen LogP contribution in [0.1, 0.15) is 6.42 Å². The van der Waals surface area contributed by atoms with E-state index in [4.69, 9.17) is 0 Å². The molecule has 1 aromatic heterocycles. The summed E-state index contributed by atoms with van der Waals surface area (Å²) in [5, 5.41) is 2.65. The van der Waals surface area contributed by atoms with Crippen LogP contribution in [0.2, 0.25) is 0 Å². The molecule has 1 N–H and O–H groups in total. The lowest BCUT2D eigenvalue weighted by Gasteiger charge is -2.16. The van der Waals surface area contributed by atoms with Crippen LogP contribution in [-0.2, 0) is 14.4 Å². The van der Waals surface area contributed by atoms with E-state index >= 15 is 0 Å². The molecule has 2 fully saturated rings. The zero-order chi connectivity index (χ0) is 15.3. The Bertz CT molecular complexity index is 655. The van der Waals surface area contributed by atoms with E-state index in [1.54, 1.807) is 18.3 Å². The SMILES string of the molecule is O=C(CN1C(=O)C2C3C=CC(C3)C2C1=O)Nc1cccnc1. The summed E-state index contributed by atoms with van der Waals surface area (Å²) >= 11 is 0. The normalized spacial score (nSPS) is 31.7. The molecular formula is C16H15N3O3. The van der Waals surface area contributed by atoms with Gasteiger partial charge in [-0.15, -0.1) is 0 Å². The predicted octanol–water partition coefficient (Wildman–Crippen LogP) is 0.827. The van der Waals surface area contributed by atoms with Crippen LogP contribution in [0, 0.1) is 23.7 Å². The fraction of sp³-hybridized carbons (Fsp3) is 0.375. The van der Waals surface area contributed by atoms with E-state index in [9.17, 15) is 14.4 Å². The molecule has 1 aromatic rings. The maximum atomic E-state index is 12.5. The first-order valence-corrected chi connectivity index (χ1v) is 7.38. The Kier molecular flexibility index (Phi) is 2.85. The number of hydrogen-bond acceptors (Lipinski definition) is 4. The number of fused-ring (bicyclic) bond motifs is 5. The van der Waals surface area contributed by atoms with Crippen molar-refractivity contribution in [2.45, 2.75) is 6.42 Å². The van der Waals surface area contributed by atoms with Gasteiger partial charge < -0.3 is 5.32 Å². The van der Waals surface area contributed by atoms with E-state index in [1.807, 2.05) is 12.2 Å². The van der Waals surface area contributed by atoms with Gasteiger partial charge in [0.25, 0.3) is 0 Å². The molecule has 1 aliphatic heterocycles. The first kappa shape index (κ1) is 13.2. The van der Waals surface area contributed by atoms with E-state index in [2.05, 4.69) is 10.3 Å². The van der Waals surface area contributed by atoms with E-state index in [0.717, 1.165) is 11.3 Å². The monoisotopic (exact) mass is 297 g/mol. The number of allylic oxidation sites excluding steroid dienone is 2. The second-order valence-electron chi connectivity index (χ2n) is 6.05. The zero-order valence-electron chi connectivity index (χ0n) is 11.8. The van der Waals surface area contributed by atoms with Gasteiger partial charge in [0.15, 0.2) is 0 Å². The van der Waals surface area contributed by atoms with E-state index < -0.39 is 0 Å². The van der Waals surface area contributed by atoms with Crippen LogP contribution in [-0.4, -0.2) is 34.2 Å². The minimum atomic E-state index is -0.380. The highest BCUT2D eigenvalue weighted by molar-refractivity contribution is 6.09. The van der Waals surface area contributed by atoms with Gasteiger partial charge in [0.05, 0.1) is 23.7 Å². The minimum Gasteiger partial charge on any atom is -0.323 e. The fourth-order valence-corrected chi connectivity index (χ4v) is 3.90. The summed E-state index contributed by atoms with van der Waals surface area (Å²) in [6.07, 6.45) is 8.09. The van der Waals surface area contributed by atoms with Gasteiger partial charge in [-0.3, -0.25) is 24.3 Å². The highest BCUT2D eigenvalue weighted by Crippen LogP contribution is 2.52. The Labute approximate surface area is 127 Å². The van der Waals surface area contributed by atoms with Gasteiger partial charge in [0.1, 0.15) is 6.54 Å². The number of nitrogens with one attached hydrogen (secondary N) is 1. The highest BCUT2D eigenvalue weighted by Gasteiger charge is 2.59. The van der Waals surface area contributed by atoms with Crippen molar-refractivity contribution in [1.29, 1.82) is 0 Å². The molecule has 1 saturated heterocycles. The Morgan fingerprint density at radius 1 is 1.23 bits per heavy atom. The summed E-state index contributed by atoms with van der Waals surface area (Å²) in [6, 6.07) is 3.41. The second kappa shape index (κ2) is 4.76. The van der Waals surface area contributed by atoms with Gasteiger partial charge in [0, 0.05) is 6.20 Å². The Morgan fingerprint density at radius 3 is 2.50 bits per heavy atom. The number of imide groups is 1. The molecule has 6 nitrogen and oxygen atoms in total. The molecule has 1 saturated carbocycles. The van der Waals surface area contributed by atoms with Gasteiger partial charge in [-0.05, 0) is 30.4 Å². The summed E-state index contributed by atoms with van der Waals surface area (Å²) in [5.74, 6) is -0.964. The van der Waals surface area contributed by atoms with Gasteiger partial charge >= 0.3 is 0 Å². The lowest BCUT2D eigenvalue weighted by atomic mass is 9.85. The minimum absolute atomic E-state index is 0.165. The maximum absolute atomic E-state index is 12.5. The van der Waals surface area contributed by atoms with Crippen molar-refractivity contribution in [2.24, 2.45) is 23.7 Å². The molecule has 3 amide bonds. The van der Waals surface area contributed by atoms with Crippen molar-refractivity contribution in [1.82, 2.24) is 9.88 Å². The summed E-state index contributed by atoms with van der Waals surface area (Å²) in [6.45, 7) is -0.223. The molecular weight excluding hydrogens is 282 g/mol. The van der Waals surface area contributed by atoms with E-state index in [0.29, 0.717) is 5.69 Å². The van der Waals surface area contributed by atoms with Crippen LogP contribution in [0.5, 0.6) is 0 Å². The lowest BCUT2D eigenvalue weighted by Crippen LogP contribution is -2.39. The third kappa shape index (κ3) is 1.87. The molecule has 0 radical (unpaired) electrons. The number of likely N-dealkylation sites (tertiary alicyclic amines) is 1. The highest BCUT2D eigenvalue weighted by atomic mass is 16.2. The van der Waals surface area contributed by atoms with Crippen molar-refractivity contribution in [3.05, 3.63) is 36.7 Å². The number of aromatic nitrogens is 1. The van der Waals surface area contributed by atoms with Gasteiger partial charge in [0.2, 0.25) is 17.7 Å². The molecule has 4 atom stereocenters. The molecule has 3 aliphatic rings. The summed E-state index contributed by atoms with van der Waals surface area (Å²) in [7, 11) is 0. The number of carbonyl (C=O) groups excluding carboxylic acids is 3. The largest absolute Gasteiger partial charge is 0.323 e. The third-order valence-electron chi connectivity index (χ3n) is 4.81. The van der Waals surface area contributed by atoms with Crippen molar-refractivity contribution < 1.29 is 14.4 Å². The summed E-state index contributed by atoms with van der Waals surface area (Å²) in [4.78, 5) is 42.0. The van der Waals surface area contributed by atoms with Crippen LogP contribution in [0.15, 0.2) is 36.7 Å². The number of pyridine rings is 1. The number of hydrogen-bond donors (Lipinski definition) is 1. The average molecular weight is 297 g/mol. The zero-order valence-corrected chi connectivity index (χ0v) is 11.8. The van der Waals surface area contributed by atoms with Gasteiger partial charge in [-0.25, -0.2) is 0 Å². The number of carbonyl (C=O) groups is 3. The van der Waals surface area contributed by atoms with Crippen LogP contribution < -0.4 is 5.32 Å². The molecule has 2 bridgehead atoms. The first-order chi connectivity index (χ1) is 10.6. The van der Waals surface area contributed by atoms with Crippen LogP contribution in [0.25, 0.3) is 0 Å². The number of rotatable bonds is 3. The number of anilines is 1. The predicted molar refractivity (Wildman–Crippen MR) is 77.3 cm³/mol. The van der Waals surface area contributed by atoms with Crippen molar-refractivity contribution >= 4 is 23.4 Å². The molecule has 0 aromatic carbocycles. The van der Waals surface area contributed by atoms with E-state index in [1.165, 1.54) is 6.20 Å². The third-order valence-corrected chi connectivity index (χ3v) is 4.81. The topological polar surface area (TPSA) is 79.4 Å². The molecule has 22 heavy (non-hydrogen) atoms. The second-order valence-corrected chi connectivity index (χ2v) is 6.05. The smallest absolute Gasteiger partial charge is 0.244 e. The Hall–Kier alpha value is -2.50. The molecule has 4 unspecified atom stereocenters. The first-order valence-electron chi connectivity index (χ1n) is 7.38. The Morgan fingerprint density at radius 2 is 1.91 bits per heavy atom. The molecule has 2 heterocycles. The standard InChI is InChI=1S/C16H15N3O3/c20-12(18-11-2-1-5-17-7-11)8-19-15(21)13-9-3-4-10(6-9)14(13)16(19)22/h1-5,7,9-10,13-14H,6,8H2,(H,18,20). The quantitative estimate of drug-likeness (QED) is 0.662. The molecule has 0 spiro atoms. The summed E-state index contributed by atoms with van der Waals surface area (Å²) in [5.41, 5.74) is 0.550. The van der Waals surface area contributed by atoms with E-state index in [-0.39, 0.29) is 47.9 Å². The van der Waals surface area contributed by atoms with Crippen molar-refractivity contribution in [3.8, 4) is 0 Å². The summed E-state index contributed by atoms with van der Waals surface area (Å²) < 4.78 is 0.